The number of carbonyl (C=O) groups excluding carboxylic acids is 1. The summed E-state index contributed by atoms with van der Waals surface area (Å²) in [6, 6.07) is 5.48. The fourth-order valence-electron chi connectivity index (χ4n) is 1.82. The zero-order valence-electron chi connectivity index (χ0n) is 10.6. The van der Waals surface area contributed by atoms with Crippen LogP contribution in [0.2, 0.25) is 0 Å². The highest BCUT2D eigenvalue weighted by molar-refractivity contribution is 5.96. The van der Waals surface area contributed by atoms with Gasteiger partial charge in [0.05, 0.1) is 0 Å². The Hall–Kier alpha value is -2.10. The van der Waals surface area contributed by atoms with Crippen molar-refractivity contribution in [3.05, 3.63) is 47.5 Å². The van der Waals surface area contributed by atoms with Gasteiger partial charge in [-0.3, -0.25) is 9.59 Å². The first-order valence-corrected chi connectivity index (χ1v) is 5.64. The van der Waals surface area contributed by atoms with Crippen LogP contribution in [-0.4, -0.2) is 35.0 Å². The summed E-state index contributed by atoms with van der Waals surface area (Å²) in [5.41, 5.74) is 2.47. The molecule has 0 aliphatic heterocycles. The Morgan fingerprint density at radius 3 is 2.28 bits per heavy atom. The minimum atomic E-state index is -1.03. The summed E-state index contributed by atoms with van der Waals surface area (Å²) in [6.07, 6.45) is 1.52. The van der Waals surface area contributed by atoms with Gasteiger partial charge in [-0.2, -0.15) is 0 Å². The maximum Gasteiger partial charge on any atom is 0.323 e. The predicted octanol–water partition coefficient (Wildman–Crippen LogP) is 2.02. The highest BCUT2D eigenvalue weighted by atomic mass is 16.4. The number of rotatable bonds is 5. The van der Waals surface area contributed by atoms with Crippen molar-refractivity contribution in [2.75, 3.05) is 13.1 Å². The lowest BCUT2D eigenvalue weighted by Crippen LogP contribution is -2.35. The number of amides is 1. The van der Waals surface area contributed by atoms with Crippen molar-refractivity contribution < 1.29 is 14.7 Å². The first-order valence-electron chi connectivity index (χ1n) is 5.64. The van der Waals surface area contributed by atoms with Crippen molar-refractivity contribution in [2.45, 2.75) is 13.8 Å². The van der Waals surface area contributed by atoms with Crippen molar-refractivity contribution in [3.63, 3.8) is 0 Å². The quantitative estimate of drug-likeness (QED) is 0.810. The molecule has 1 amide bonds. The van der Waals surface area contributed by atoms with E-state index < -0.39 is 5.97 Å². The minimum absolute atomic E-state index is 0.220. The van der Waals surface area contributed by atoms with Crippen molar-refractivity contribution in [3.8, 4) is 0 Å². The standard InChI is InChI=1S/C14H17NO3/c1-4-5-15(9-13(16)17)14(18)12-7-10(2)6-11(3)8-12/h4,6-8H,1,5,9H2,2-3H3,(H,16,17). The van der Waals surface area contributed by atoms with E-state index in [4.69, 9.17) is 5.11 Å². The van der Waals surface area contributed by atoms with Crippen LogP contribution in [0.5, 0.6) is 0 Å². The molecule has 4 heteroatoms. The first kappa shape index (κ1) is 14.0. The molecule has 1 aromatic rings. The Labute approximate surface area is 107 Å². The Morgan fingerprint density at radius 2 is 1.83 bits per heavy atom. The Balaban J connectivity index is 3.00. The van der Waals surface area contributed by atoms with Crippen LogP contribution in [0.4, 0.5) is 0 Å². The van der Waals surface area contributed by atoms with Gasteiger partial charge in [0.2, 0.25) is 0 Å². The molecule has 0 saturated heterocycles. The van der Waals surface area contributed by atoms with Gasteiger partial charge < -0.3 is 10.0 Å². The van der Waals surface area contributed by atoms with Crippen LogP contribution in [0.15, 0.2) is 30.9 Å². The summed E-state index contributed by atoms with van der Waals surface area (Å²) in [6.45, 7) is 7.23. The Bertz CT molecular complexity index is 460. The van der Waals surface area contributed by atoms with Gasteiger partial charge in [-0.1, -0.05) is 23.3 Å². The second kappa shape index (κ2) is 6.00. The molecular formula is C14H17NO3. The van der Waals surface area contributed by atoms with E-state index in [1.54, 1.807) is 12.1 Å². The Morgan fingerprint density at radius 1 is 1.28 bits per heavy atom. The summed E-state index contributed by atoms with van der Waals surface area (Å²) in [5, 5.41) is 8.79. The lowest BCUT2D eigenvalue weighted by Gasteiger charge is -2.19. The maximum absolute atomic E-state index is 12.2. The molecule has 1 N–H and O–H groups in total. The lowest BCUT2D eigenvalue weighted by molar-refractivity contribution is -0.137. The van der Waals surface area contributed by atoms with E-state index in [9.17, 15) is 9.59 Å². The van der Waals surface area contributed by atoms with Crippen LogP contribution in [0.25, 0.3) is 0 Å². The van der Waals surface area contributed by atoms with Crippen molar-refractivity contribution in [1.82, 2.24) is 4.90 Å². The number of carboxylic acids is 1. The van der Waals surface area contributed by atoms with E-state index in [1.807, 2.05) is 19.9 Å². The number of hydrogen-bond acceptors (Lipinski definition) is 2. The third kappa shape index (κ3) is 3.73. The van der Waals surface area contributed by atoms with Crippen LogP contribution in [0, 0.1) is 13.8 Å². The van der Waals surface area contributed by atoms with Crippen LogP contribution in [-0.2, 0) is 4.79 Å². The molecule has 0 bridgehead atoms. The van der Waals surface area contributed by atoms with Crippen molar-refractivity contribution in [1.29, 1.82) is 0 Å². The lowest BCUT2D eigenvalue weighted by atomic mass is 10.1. The molecule has 1 aromatic carbocycles. The number of hydrogen-bond donors (Lipinski definition) is 1. The molecule has 0 heterocycles. The van der Waals surface area contributed by atoms with Gasteiger partial charge >= 0.3 is 5.97 Å². The third-order valence-electron chi connectivity index (χ3n) is 2.43. The molecule has 0 fully saturated rings. The zero-order valence-corrected chi connectivity index (χ0v) is 10.6. The average molecular weight is 247 g/mol. The van der Waals surface area contributed by atoms with Crippen molar-refractivity contribution >= 4 is 11.9 Å². The summed E-state index contributed by atoms with van der Waals surface area (Å²) >= 11 is 0. The van der Waals surface area contributed by atoms with E-state index in [0.717, 1.165) is 11.1 Å². The molecular weight excluding hydrogens is 230 g/mol. The Kier molecular flexibility index (Phi) is 4.66. The predicted molar refractivity (Wildman–Crippen MR) is 69.7 cm³/mol. The number of carbonyl (C=O) groups is 2. The van der Waals surface area contributed by atoms with E-state index in [1.165, 1.54) is 11.0 Å². The molecule has 18 heavy (non-hydrogen) atoms. The highest BCUT2D eigenvalue weighted by Gasteiger charge is 2.17. The second-order valence-corrected chi connectivity index (χ2v) is 4.24. The van der Waals surface area contributed by atoms with Crippen LogP contribution in [0.3, 0.4) is 0 Å². The van der Waals surface area contributed by atoms with Crippen LogP contribution < -0.4 is 0 Å². The topological polar surface area (TPSA) is 57.6 Å². The summed E-state index contributed by atoms with van der Waals surface area (Å²) < 4.78 is 0. The largest absolute Gasteiger partial charge is 0.480 e. The monoisotopic (exact) mass is 247 g/mol. The van der Waals surface area contributed by atoms with E-state index >= 15 is 0 Å². The SMILES string of the molecule is C=CCN(CC(=O)O)C(=O)c1cc(C)cc(C)c1. The van der Waals surface area contributed by atoms with Gasteiger partial charge in [0.15, 0.2) is 0 Å². The number of aliphatic carboxylic acids is 1. The number of carboxylic acid groups (broad SMARTS) is 1. The van der Waals surface area contributed by atoms with Crippen LogP contribution >= 0.6 is 0 Å². The molecule has 0 unspecified atom stereocenters. The second-order valence-electron chi connectivity index (χ2n) is 4.24. The fraction of sp³-hybridized carbons (Fsp3) is 0.286. The molecule has 0 aliphatic rings. The number of nitrogens with zero attached hydrogens (tertiary/aromatic N) is 1. The van der Waals surface area contributed by atoms with E-state index in [2.05, 4.69) is 6.58 Å². The van der Waals surface area contributed by atoms with Gasteiger partial charge in [-0.15, -0.1) is 6.58 Å². The molecule has 1 rings (SSSR count). The number of benzene rings is 1. The smallest absolute Gasteiger partial charge is 0.323 e. The zero-order chi connectivity index (χ0) is 13.7. The molecule has 96 valence electrons. The molecule has 0 saturated carbocycles. The first-order chi connectivity index (χ1) is 8.43. The van der Waals surface area contributed by atoms with Gasteiger partial charge in [0.25, 0.3) is 5.91 Å². The third-order valence-corrected chi connectivity index (χ3v) is 2.43. The molecule has 0 spiro atoms. The van der Waals surface area contributed by atoms with Gasteiger partial charge in [0.1, 0.15) is 6.54 Å². The normalized spacial score (nSPS) is 9.89. The molecule has 4 nitrogen and oxygen atoms in total. The average Bonchev–Trinajstić information content (AvgIpc) is 2.25. The maximum atomic E-state index is 12.2. The molecule has 0 radical (unpaired) electrons. The summed E-state index contributed by atoms with van der Waals surface area (Å²) in [4.78, 5) is 24.2. The van der Waals surface area contributed by atoms with E-state index in [0.29, 0.717) is 5.56 Å². The van der Waals surface area contributed by atoms with Gasteiger partial charge in [0, 0.05) is 12.1 Å². The van der Waals surface area contributed by atoms with Crippen molar-refractivity contribution in [2.24, 2.45) is 0 Å². The highest BCUT2D eigenvalue weighted by Crippen LogP contribution is 2.11. The van der Waals surface area contributed by atoms with Gasteiger partial charge in [-0.25, -0.2) is 0 Å². The molecule has 0 aromatic heterocycles. The number of aryl methyl sites for hydroxylation is 2. The minimum Gasteiger partial charge on any atom is -0.480 e. The summed E-state index contributed by atoms with van der Waals surface area (Å²) in [5.74, 6) is -1.32. The van der Waals surface area contributed by atoms with E-state index in [-0.39, 0.29) is 19.0 Å². The van der Waals surface area contributed by atoms with Crippen LogP contribution in [0.1, 0.15) is 21.5 Å². The molecule has 0 atom stereocenters. The van der Waals surface area contributed by atoms with Gasteiger partial charge in [-0.05, 0) is 26.0 Å². The summed E-state index contributed by atoms with van der Waals surface area (Å²) in [7, 11) is 0. The molecule has 0 aliphatic carbocycles. The fourth-order valence-corrected chi connectivity index (χ4v) is 1.82.